The van der Waals surface area contributed by atoms with Crippen LogP contribution in [0, 0.1) is 0 Å². The highest BCUT2D eigenvalue weighted by Crippen LogP contribution is 2.45. The molecule has 8 heteroatoms. The van der Waals surface area contributed by atoms with Gasteiger partial charge in [0.15, 0.2) is 0 Å². The third-order valence-electron chi connectivity index (χ3n) is 2.13. The normalized spacial score (nSPS) is 21.7. The van der Waals surface area contributed by atoms with Gasteiger partial charge in [0.05, 0.1) is 24.2 Å². The van der Waals surface area contributed by atoms with Gasteiger partial charge in [-0.2, -0.15) is 16.8 Å². The van der Waals surface area contributed by atoms with Crippen molar-refractivity contribution in [1.29, 1.82) is 0 Å². The molecule has 0 aliphatic heterocycles. The molecule has 0 aromatic carbocycles. The first kappa shape index (κ1) is 13.9. The Bertz CT molecular complexity index is 445. The third-order valence-corrected chi connectivity index (χ3v) is 3.47. The zero-order valence-corrected chi connectivity index (χ0v) is 11.1. The molecule has 0 aromatic heterocycles. The zero-order valence-electron chi connectivity index (χ0n) is 9.46. The first-order valence-electron chi connectivity index (χ1n) is 4.80. The topological polar surface area (TPSA) is 86.7 Å². The van der Waals surface area contributed by atoms with E-state index in [0.29, 0.717) is 12.8 Å². The lowest BCUT2D eigenvalue weighted by Crippen LogP contribution is -2.26. The summed E-state index contributed by atoms with van der Waals surface area (Å²) >= 11 is 0. The van der Waals surface area contributed by atoms with E-state index in [-0.39, 0.29) is 6.42 Å². The van der Waals surface area contributed by atoms with Crippen LogP contribution in [0.3, 0.4) is 0 Å². The Balaban J connectivity index is 2.55. The van der Waals surface area contributed by atoms with Crippen molar-refractivity contribution in [2.24, 2.45) is 0 Å². The second-order valence-corrected chi connectivity index (χ2v) is 7.46. The quantitative estimate of drug-likeness (QED) is 0.644. The predicted molar refractivity (Wildman–Crippen MR) is 57.9 cm³/mol. The Morgan fingerprint density at radius 3 is 1.94 bits per heavy atom. The highest BCUT2D eigenvalue weighted by Gasteiger charge is 2.48. The minimum atomic E-state index is -3.52. The summed E-state index contributed by atoms with van der Waals surface area (Å²) < 4.78 is 53.3. The molecule has 0 spiro atoms. The molecule has 16 heavy (non-hydrogen) atoms. The average Bonchev–Trinajstić information content (AvgIpc) is 2.58. The first-order valence-corrected chi connectivity index (χ1v) is 8.44. The lowest BCUT2D eigenvalue weighted by molar-refractivity contribution is 0.114. The van der Waals surface area contributed by atoms with Crippen LogP contribution in [0.1, 0.15) is 26.2 Å². The van der Waals surface area contributed by atoms with Crippen LogP contribution in [-0.4, -0.2) is 41.1 Å². The summed E-state index contributed by atoms with van der Waals surface area (Å²) in [5.41, 5.74) is -0.752. The molecule has 1 fully saturated rings. The largest absolute Gasteiger partial charge is 0.267 e. The Morgan fingerprint density at radius 1 is 1.12 bits per heavy atom. The fourth-order valence-corrected chi connectivity index (χ4v) is 3.18. The van der Waals surface area contributed by atoms with Crippen molar-refractivity contribution >= 4 is 20.2 Å². The van der Waals surface area contributed by atoms with Gasteiger partial charge in [-0.3, -0.25) is 8.37 Å². The summed E-state index contributed by atoms with van der Waals surface area (Å²) in [6, 6.07) is 0. The number of hydrogen-bond acceptors (Lipinski definition) is 6. The van der Waals surface area contributed by atoms with Crippen molar-refractivity contribution in [2.45, 2.75) is 37.9 Å². The van der Waals surface area contributed by atoms with E-state index < -0.39 is 31.9 Å². The van der Waals surface area contributed by atoms with Gasteiger partial charge in [-0.05, 0) is 19.8 Å². The second kappa shape index (κ2) is 4.25. The summed E-state index contributed by atoms with van der Waals surface area (Å²) in [6.07, 6.45) is 2.83. The maximum atomic E-state index is 11.0. The summed E-state index contributed by atoms with van der Waals surface area (Å²) in [4.78, 5) is 0. The van der Waals surface area contributed by atoms with Crippen molar-refractivity contribution in [3.05, 3.63) is 0 Å². The summed E-state index contributed by atoms with van der Waals surface area (Å²) in [6.45, 7) is 1.58. The lowest BCUT2D eigenvalue weighted by atomic mass is 10.1. The molecule has 0 aromatic rings. The van der Waals surface area contributed by atoms with Gasteiger partial charge in [0.1, 0.15) is 0 Å². The van der Waals surface area contributed by atoms with Crippen molar-refractivity contribution < 1.29 is 25.2 Å². The molecule has 1 unspecified atom stereocenters. The molecule has 6 nitrogen and oxygen atoms in total. The standard InChI is InChI=1S/C8H16O6S2/c1-7(13-15(2,9)10)6-8(4-5-8)14-16(3,11)12/h7H,4-6H2,1-3H3. The van der Waals surface area contributed by atoms with Gasteiger partial charge >= 0.3 is 0 Å². The summed E-state index contributed by atoms with van der Waals surface area (Å²) in [5, 5.41) is 0. The molecule has 1 atom stereocenters. The molecule has 0 heterocycles. The van der Waals surface area contributed by atoms with Crippen molar-refractivity contribution in [3.8, 4) is 0 Å². The SMILES string of the molecule is CC(CC1(OS(C)(=O)=O)CC1)OS(C)(=O)=O. The summed E-state index contributed by atoms with van der Waals surface area (Å²) in [5.74, 6) is 0. The first-order chi connectivity index (χ1) is 7.02. The monoisotopic (exact) mass is 272 g/mol. The van der Waals surface area contributed by atoms with E-state index in [9.17, 15) is 16.8 Å². The molecule has 0 amide bonds. The van der Waals surface area contributed by atoms with Gasteiger partial charge in [0, 0.05) is 6.42 Å². The van der Waals surface area contributed by atoms with Crippen LogP contribution in [0.25, 0.3) is 0 Å². The molecule has 0 saturated heterocycles. The Hall–Kier alpha value is -0.180. The molecule has 1 saturated carbocycles. The van der Waals surface area contributed by atoms with E-state index in [0.717, 1.165) is 12.5 Å². The molecule has 0 radical (unpaired) electrons. The van der Waals surface area contributed by atoms with Crippen molar-refractivity contribution in [3.63, 3.8) is 0 Å². The maximum absolute atomic E-state index is 11.0. The second-order valence-electron chi connectivity index (χ2n) is 4.29. The average molecular weight is 272 g/mol. The van der Waals surface area contributed by atoms with Gasteiger partial charge in [0.2, 0.25) is 0 Å². The maximum Gasteiger partial charge on any atom is 0.264 e. The lowest BCUT2D eigenvalue weighted by Gasteiger charge is -2.18. The zero-order chi connectivity index (χ0) is 12.6. The molecule has 1 aliphatic carbocycles. The predicted octanol–water partition coefficient (Wildman–Crippen LogP) is 0.250. The van der Waals surface area contributed by atoms with E-state index in [1.54, 1.807) is 6.92 Å². The molecular weight excluding hydrogens is 256 g/mol. The smallest absolute Gasteiger partial charge is 0.264 e. The minimum absolute atomic E-state index is 0.257. The van der Waals surface area contributed by atoms with E-state index in [2.05, 4.69) is 0 Å². The van der Waals surface area contributed by atoms with E-state index >= 15 is 0 Å². The van der Waals surface area contributed by atoms with Gasteiger partial charge in [-0.25, -0.2) is 0 Å². The van der Waals surface area contributed by atoms with E-state index in [4.69, 9.17) is 8.37 Å². The van der Waals surface area contributed by atoms with Crippen LogP contribution >= 0.6 is 0 Å². The van der Waals surface area contributed by atoms with Crippen LogP contribution in [0.2, 0.25) is 0 Å². The Morgan fingerprint density at radius 2 is 1.62 bits per heavy atom. The van der Waals surface area contributed by atoms with Crippen LogP contribution in [0.5, 0.6) is 0 Å². The van der Waals surface area contributed by atoms with Crippen LogP contribution in [-0.2, 0) is 28.6 Å². The van der Waals surface area contributed by atoms with E-state index in [1.807, 2.05) is 0 Å². The third kappa shape index (κ3) is 5.24. The highest BCUT2D eigenvalue weighted by atomic mass is 32.2. The van der Waals surface area contributed by atoms with Crippen LogP contribution in [0.15, 0.2) is 0 Å². The van der Waals surface area contributed by atoms with Crippen LogP contribution < -0.4 is 0 Å². The molecule has 1 rings (SSSR count). The van der Waals surface area contributed by atoms with Gasteiger partial charge < -0.3 is 0 Å². The van der Waals surface area contributed by atoms with Gasteiger partial charge in [-0.15, -0.1) is 0 Å². The Kier molecular flexibility index (Phi) is 3.68. The number of hydrogen-bond donors (Lipinski definition) is 0. The summed E-state index contributed by atoms with van der Waals surface area (Å²) in [7, 11) is -7.03. The molecular formula is C8H16O6S2. The van der Waals surface area contributed by atoms with Crippen molar-refractivity contribution in [1.82, 2.24) is 0 Å². The number of rotatable bonds is 6. The molecule has 0 bridgehead atoms. The van der Waals surface area contributed by atoms with Gasteiger partial charge in [-0.1, -0.05) is 0 Å². The fraction of sp³-hybridized carbons (Fsp3) is 1.00. The van der Waals surface area contributed by atoms with Crippen molar-refractivity contribution in [2.75, 3.05) is 12.5 Å². The molecule has 1 aliphatic rings. The van der Waals surface area contributed by atoms with Crippen LogP contribution in [0.4, 0.5) is 0 Å². The molecule has 0 N–H and O–H groups in total. The Labute approximate surface area is 96.2 Å². The van der Waals surface area contributed by atoms with Gasteiger partial charge in [0.25, 0.3) is 20.2 Å². The van der Waals surface area contributed by atoms with E-state index in [1.165, 1.54) is 0 Å². The minimum Gasteiger partial charge on any atom is -0.267 e. The molecule has 96 valence electrons. The fourth-order valence-electron chi connectivity index (χ4n) is 1.64. The highest BCUT2D eigenvalue weighted by molar-refractivity contribution is 7.86.